The van der Waals surface area contributed by atoms with Gasteiger partial charge < -0.3 is 0 Å². The largest absolute Gasteiger partial charge is 0.339 e. The second-order valence-electron chi connectivity index (χ2n) is 4.58. The van der Waals surface area contributed by atoms with Gasteiger partial charge in [0.2, 0.25) is 0 Å². The van der Waals surface area contributed by atoms with Crippen LogP contribution < -0.4 is 0 Å². The van der Waals surface area contributed by atoms with Crippen LogP contribution in [0.2, 0.25) is 0 Å². The van der Waals surface area contributed by atoms with Gasteiger partial charge in [0, 0.05) is 5.57 Å². The van der Waals surface area contributed by atoms with Crippen LogP contribution >= 0.6 is 0 Å². The van der Waals surface area contributed by atoms with Crippen molar-refractivity contribution in [1.29, 1.82) is 0 Å². The number of alkyl halides is 4. The molecule has 0 spiro atoms. The van der Waals surface area contributed by atoms with E-state index >= 15 is 0 Å². The molecule has 0 aliphatic heterocycles. The van der Waals surface area contributed by atoms with Crippen molar-refractivity contribution >= 4 is 5.57 Å². The second kappa shape index (κ2) is 4.83. The third-order valence-corrected chi connectivity index (χ3v) is 3.13. The van der Waals surface area contributed by atoms with Crippen LogP contribution in [0.25, 0.3) is 5.57 Å². The number of aryl methyl sites for hydroxylation is 1. The van der Waals surface area contributed by atoms with Gasteiger partial charge in [-0.3, -0.25) is 0 Å². The Hall–Kier alpha value is -1.58. The third kappa shape index (κ3) is 2.44. The molecule has 1 aromatic rings. The molecule has 1 aliphatic rings. The molecule has 0 amide bonds. The molecule has 1 aromatic carbocycles. The molecule has 0 unspecified atom stereocenters. The zero-order valence-corrected chi connectivity index (χ0v) is 10.5. The summed E-state index contributed by atoms with van der Waals surface area (Å²) in [4.78, 5) is 0. The summed E-state index contributed by atoms with van der Waals surface area (Å²) in [6, 6.07) is 6.35. The molecule has 102 valence electrons. The van der Waals surface area contributed by atoms with Crippen LogP contribution in [0.15, 0.2) is 42.5 Å². The maximum atomic E-state index is 13.7. The minimum absolute atomic E-state index is 0.133. The molecule has 0 fully saturated rings. The van der Waals surface area contributed by atoms with E-state index in [0.717, 1.165) is 30.6 Å². The highest BCUT2D eigenvalue weighted by molar-refractivity contribution is 5.75. The molecule has 1 aliphatic carbocycles. The zero-order chi connectivity index (χ0) is 14.1. The Kier molecular flexibility index (Phi) is 3.52. The van der Waals surface area contributed by atoms with E-state index in [9.17, 15) is 17.6 Å². The smallest absolute Gasteiger partial charge is 0.195 e. The van der Waals surface area contributed by atoms with Gasteiger partial charge in [0.15, 0.2) is 0 Å². The summed E-state index contributed by atoms with van der Waals surface area (Å²) in [5.74, 6) is -8.31. The van der Waals surface area contributed by atoms with Crippen LogP contribution in [0.3, 0.4) is 0 Å². The van der Waals surface area contributed by atoms with Gasteiger partial charge in [-0.1, -0.05) is 49.8 Å². The normalized spacial score (nSPS) is 20.2. The van der Waals surface area contributed by atoms with Crippen molar-refractivity contribution in [2.45, 2.75) is 31.6 Å². The fourth-order valence-corrected chi connectivity index (χ4v) is 2.07. The van der Waals surface area contributed by atoms with Crippen LogP contribution in [-0.2, 0) is 6.42 Å². The number of halogens is 4. The van der Waals surface area contributed by atoms with Crippen LogP contribution in [0.1, 0.15) is 24.5 Å². The van der Waals surface area contributed by atoms with E-state index < -0.39 is 17.4 Å². The summed E-state index contributed by atoms with van der Waals surface area (Å²) in [6.45, 7) is 2.01. The maximum Gasteiger partial charge on any atom is 0.339 e. The summed E-state index contributed by atoms with van der Waals surface area (Å²) in [5.41, 5.74) is 0.505. The van der Waals surface area contributed by atoms with E-state index in [-0.39, 0.29) is 11.6 Å². The Morgan fingerprint density at radius 3 is 2.21 bits per heavy atom. The van der Waals surface area contributed by atoms with E-state index in [1.807, 2.05) is 6.92 Å². The summed E-state index contributed by atoms with van der Waals surface area (Å²) < 4.78 is 53.9. The van der Waals surface area contributed by atoms with Gasteiger partial charge in [-0.15, -0.1) is 0 Å². The molecule has 0 aromatic heterocycles. The van der Waals surface area contributed by atoms with Crippen molar-refractivity contribution in [3.63, 3.8) is 0 Å². The number of allylic oxidation sites excluding steroid dienone is 4. The van der Waals surface area contributed by atoms with Crippen LogP contribution in [-0.4, -0.2) is 11.8 Å². The molecule has 0 bridgehead atoms. The number of benzene rings is 1. The highest BCUT2D eigenvalue weighted by Crippen LogP contribution is 2.47. The number of hydrogen-bond acceptors (Lipinski definition) is 0. The quantitative estimate of drug-likeness (QED) is 0.688. The van der Waals surface area contributed by atoms with Gasteiger partial charge in [-0.2, -0.15) is 17.6 Å². The standard InChI is InChI=1S/C15H14F4/c1-2-4-11-6-8-12(9-7-11)13-5-3-10-14(16,17)15(13,18)19/h3,5-10H,2,4H2,1H3. The Labute approximate surface area is 109 Å². The van der Waals surface area contributed by atoms with E-state index in [4.69, 9.17) is 0 Å². The first kappa shape index (κ1) is 13.8. The van der Waals surface area contributed by atoms with Crippen LogP contribution in [0.4, 0.5) is 17.6 Å². The number of rotatable bonds is 3. The molecular formula is C15H14F4. The molecule has 0 heterocycles. The van der Waals surface area contributed by atoms with Gasteiger partial charge in [0.25, 0.3) is 0 Å². The predicted molar refractivity (Wildman–Crippen MR) is 67.4 cm³/mol. The molecule has 0 atom stereocenters. The highest BCUT2D eigenvalue weighted by atomic mass is 19.3. The summed E-state index contributed by atoms with van der Waals surface area (Å²) in [5, 5.41) is 0. The second-order valence-corrected chi connectivity index (χ2v) is 4.58. The fraction of sp³-hybridized carbons (Fsp3) is 0.333. The molecule has 4 heteroatoms. The van der Waals surface area contributed by atoms with E-state index in [1.54, 1.807) is 12.1 Å². The minimum atomic E-state index is -4.17. The Morgan fingerprint density at radius 1 is 1.00 bits per heavy atom. The van der Waals surface area contributed by atoms with E-state index in [0.29, 0.717) is 0 Å². The Morgan fingerprint density at radius 2 is 1.63 bits per heavy atom. The SMILES string of the molecule is CCCc1ccc(C2=CC=CC(F)(F)C2(F)F)cc1. The first-order valence-electron chi connectivity index (χ1n) is 6.13. The molecular weight excluding hydrogens is 256 g/mol. The average molecular weight is 270 g/mol. The molecule has 2 rings (SSSR count). The predicted octanol–water partition coefficient (Wildman–Crippen LogP) is 4.86. The lowest BCUT2D eigenvalue weighted by Crippen LogP contribution is -2.41. The monoisotopic (exact) mass is 270 g/mol. The zero-order valence-electron chi connectivity index (χ0n) is 10.5. The van der Waals surface area contributed by atoms with Crippen molar-refractivity contribution in [1.82, 2.24) is 0 Å². The fourth-order valence-electron chi connectivity index (χ4n) is 2.07. The van der Waals surface area contributed by atoms with Gasteiger partial charge in [-0.05, 0) is 23.6 Å². The maximum absolute atomic E-state index is 13.7. The molecule has 0 N–H and O–H groups in total. The lowest BCUT2D eigenvalue weighted by Gasteiger charge is -2.29. The first-order valence-corrected chi connectivity index (χ1v) is 6.13. The highest BCUT2D eigenvalue weighted by Gasteiger charge is 2.58. The van der Waals surface area contributed by atoms with Crippen molar-refractivity contribution in [3.05, 3.63) is 53.6 Å². The van der Waals surface area contributed by atoms with Gasteiger partial charge >= 0.3 is 11.8 Å². The van der Waals surface area contributed by atoms with Crippen molar-refractivity contribution < 1.29 is 17.6 Å². The van der Waals surface area contributed by atoms with Crippen molar-refractivity contribution in [2.75, 3.05) is 0 Å². The first-order chi connectivity index (χ1) is 8.88. The molecule has 0 radical (unpaired) electrons. The average Bonchev–Trinajstić information content (AvgIpc) is 2.34. The van der Waals surface area contributed by atoms with Crippen molar-refractivity contribution in [3.8, 4) is 0 Å². The summed E-state index contributed by atoms with van der Waals surface area (Å²) >= 11 is 0. The lowest BCUT2D eigenvalue weighted by atomic mass is 9.90. The Balaban J connectivity index is 2.36. The molecule has 0 saturated heterocycles. The van der Waals surface area contributed by atoms with E-state index in [1.165, 1.54) is 12.1 Å². The van der Waals surface area contributed by atoms with Gasteiger partial charge in [0.05, 0.1) is 0 Å². The third-order valence-electron chi connectivity index (χ3n) is 3.13. The van der Waals surface area contributed by atoms with Crippen LogP contribution in [0, 0.1) is 0 Å². The molecule has 0 nitrogen and oxygen atoms in total. The van der Waals surface area contributed by atoms with Crippen LogP contribution in [0.5, 0.6) is 0 Å². The van der Waals surface area contributed by atoms with Gasteiger partial charge in [0.1, 0.15) is 0 Å². The van der Waals surface area contributed by atoms with E-state index in [2.05, 4.69) is 0 Å². The topological polar surface area (TPSA) is 0 Å². The Bertz CT molecular complexity index is 509. The summed E-state index contributed by atoms with van der Waals surface area (Å²) in [7, 11) is 0. The van der Waals surface area contributed by atoms with Gasteiger partial charge in [-0.25, -0.2) is 0 Å². The number of hydrogen-bond donors (Lipinski definition) is 0. The lowest BCUT2D eigenvalue weighted by molar-refractivity contribution is -0.140. The minimum Gasteiger partial charge on any atom is -0.195 e. The summed E-state index contributed by atoms with van der Waals surface area (Å²) in [6.07, 6.45) is 4.05. The molecule has 0 saturated carbocycles. The molecule has 19 heavy (non-hydrogen) atoms. The van der Waals surface area contributed by atoms with Crippen molar-refractivity contribution in [2.24, 2.45) is 0 Å².